The number of hydrogen-bond donors (Lipinski definition) is 2. The summed E-state index contributed by atoms with van der Waals surface area (Å²) in [5.74, 6) is 0.244. The Labute approximate surface area is 78.2 Å². The molecule has 0 radical (unpaired) electrons. The lowest BCUT2D eigenvalue weighted by Crippen LogP contribution is -1.97. The topological polar surface area (TPSA) is 40.5 Å². The molecular weight excluding hydrogens is 164 g/mol. The quantitative estimate of drug-likeness (QED) is 0.744. The minimum atomic E-state index is -0.401. The number of benzene rings is 1. The van der Waals surface area contributed by atoms with Crippen LogP contribution in [0.5, 0.6) is 5.75 Å². The van der Waals surface area contributed by atoms with Crippen LogP contribution in [0.2, 0.25) is 0 Å². The van der Waals surface area contributed by atoms with E-state index in [1.54, 1.807) is 30.4 Å². The molecule has 0 aromatic heterocycles. The van der Waals surface area contributed by atoms with Gasteiger partial charge in [-0.1, -0.05) is 31.2 Å². The normalized spacial score (nSPS) is 13.4. The molecule has 2 N–H and O–H groups in total. The molecule has 13 heavy (non-hydrogen) atoms. The van der Waals surface area contributed by atoms with Crippen molar-refractivity contribution in [1.82, 2.24) is 0 Å². The van der Waals surface area contributed by atoms with Gasteiger partial charge in [-0.15, -0.1) is 0 Å². The number of aliphatic hydroxyl groups is 1. The van der Waals surface area contributed by atoms with Crippen LogP contribution in [-0.2, 0) is 0 Å². The number of aliphatic hydroxyl groups excluding tert-OH is 1. The monoisotopic (exact) mass is 178 g/mol. The van der Waals surface area contributed by atoms with E-state index in [1.807, 2.05) is 13.0 Å². The third-order valence-electron chi connectivity index (χ3n) is 1.80. The van der Waals surface area contributed by atoms with E-state index in [-0.39, 0.29) is 5.75 Å². The smallest absolute Gasteiger partial charge is 0.116 e. The Kier molecular flexibility index (Phi) is 3.53. The van der Waals surface area contributed by atoms with Crippen molar-refractivity contribution in [3.05, 3.63) is 35.9 Å². The zero-order valence-corrected chi connectivity index (χ0v) is 7.64. The van der Waals surface area contributed by atoms with Gasteiger partial charge in [-0.05, 0) is 24.1 Å². The van der Waals surface area contributed by atoms with Gasteiger partial charge in [-0.3, -0.25) is 0 Å². The maximum atomic E-state index is 9.24. The molecule has 0 bridgehead atoms. The Morgan fingerprint density at radius 3 is 2.85 bits per heavy atom. The fourth-order valence-electron chi connectivity index (χ4n) is 0.987. The number of phenols is 1. The van der Waals surface area contributed by atoms with Crippen LogP contribution >= 0.6 is 0 Å². The summed E-state index contributed by atoms with van der Waals surface area (Å²) < 4.78 is 0. The van der Waals surface area contributed by atoms with Crippen molar-refractivity contribution < 1.29 is 10.2 Å². The molecule has 0 amide bonds. The highest BCUT2D eigenvalue weighted by atomic mass is 16.3. The van der Waals surface area contributed by atoms with Crippen molar-refractivity contribution in [2.45, 2.75) is 19.4 Å². The van der Waals surface area contributed by atoms with Crippen molar-refractivity contribution in [3.8, 4) is 5.75 Å². The van der Waals surface area contributed by atoms with Gasteiger partial charge >= 0.3 is 0 Å². The zero-order chi connectivity index (χ0) is 9.68. The zero-order valence-electron chi connectivity index (χ0n) is 7.64. The fraction of sp³-hybridized carbons (Fsp3) is 0.273. The number of phenolic OH excluding ortho intramolecular Hbond substituents is 1. The molecule has 0 aliphatic carbocycles. The van der Waals surface area contributed by atoms with E-state index in [0.29, 0.717) is 6.42 Å². The van der Waals surface area contributed by atoms with Crippen molar-refractivity contribution in [1.29, 1.82) is 0 Å². The van der Waals surface area contributed by atoms with E-state index < -0.39 is 6.10 Å². The maximum Gasteiger partial charge on any atom is 0.116 e. The van der Waals surface area contributed by atoms with Gasteiger partial charge in [0.2, 0.25) is 0 Å². The van der Waals surface area contributed by atoms with Crippen molar-refractivity contribution in [2.24, 2.45) is 0 Å². The number of aromatic hydroxyl groups is 1. The summed E-state index contributed by atoms with van der Waals surface area (Å²) in [7, 11) is 0. The molecule has 0 aliphatic heterocycles. The van der Waals surface area contributed by atoms with E-state index in [9.17, 15) is 5.11 Å². The largest absolute Gasteiger partial charge is 0.508 e. The number of rotatable bonds is 3. The predicted octanol–water partition coefficient (Wildman–Crippen LogP) is 2.18. The summed E-state index contributed by atoms with van der Waals surface area (Å²) >= 11 is 0. The molecule has 0 saturated heterocycles. The number of hydrogen-bond acceptors (Lipinski definition) is 2. The second-order valence-electron chi connectivity index (χ2n) is 2.93. The Balaban J connectivity index is 2.68. The Morgan fingerprint density at radius 2 is 2.23 bits per heavy atom. The molecule has 0 fully saturated rings. The van der Waals surface area contributed by atoms with Crippen LogP contribution in [0.3, 0.4) is 0 Å². The van der Waals surface area contributed by atoms with E-state index >= 15 is 0 Å². The van der Waals surface area contributed by atoms with Crippen LogP contribution in [0.4, 0.5) is 0 Å². The van der Waals surface area contributed by atoms with Gasteiger partial charge < -0.3 is 10.2 Å². The lowest BCUT2D eigenvalue weighted by Gasteiger charge is -1.99. The third kappa shape index (κ3) is 3.30. The van der Waals surface area contributed by atoms with E-state index in [0.717, 1.165) is 5.56 Å². The summed E-state index contributed by atoms with van der Waals surface area (Å²) in [6.07, 6.45) is 3.82. The highest BCUT2D eigenvalue weighted by molar-refractivity contribution is 5.51. The van der Waals surface area contributed by atoms with Gasteiger partial charge in [0.05, 0.1) is 6.10 Å². The SMILES string of the molecule is CCC(O)/C=C/c1cccc(O)c1. The van der Waals surface area contributed by atoms with Gasteiger partial charge in [0.15, 0.2) is 0 Å². The average Bonchev–Trinajstić information content (AvgIpc) is 2.14. The van der Waals surface area contributed by atoms with Gasteiger partial charge in [-0.25, -0.2) is 0 Å². The second-order valence-corrected chi connectivity index (χ2v) is 2.93. The van der Waals surface area contributed by atoms with Gasteiger partial charge in [0, 0.05) is 0 Å². The minimum Gasteiger partial charge on any atom is -0.508 e. The highest BCUT2D eigenvalue weighted by Gasteiger charge is 1.93. The Bertz CT molecular complexity index is 292. The molecule has 0 saturated carbocycles. The van der Waals surface area contributed by atoms with Gasteiger partial charge in [0.1, 0.15) is 5.75 Å². The summed E-state index contributed by atoms with van der Waals surface area (Å²) in [5, 5.41) is 18.4. The predicted molar refractivity (Wildman–Crippen MR) is 53.4 cm³/mol. The van der Waals surface area contributed by atoms with E-state index in [4.69, 9.17) is 5.11 Å². The van der Waals surface area contributed by atoms with E-state index in [1.165, 1.54) is 0 Å². The van der Waals surface area contributed by atoms with Crippen LogP contribution in [0.25, 0.3) is 6.08 Å². The molecule has 1 rings (SSSR count). The first kappa shape index (κ1) is 9.81. The van der Waals surface area contributed by atoms with Crippen LogP contribution in [0.1, 0.15) is 18.9 Å². The molecule has 1 atom stereocenters. The van der Waals surface area contributed by atoms with Gasteiger partial charge in [-0.2, -0.15) is 0 Å². The van der Waals surface area contributed by atoms with Crippen molar-refractivity contribution in [3.63, 3.8) is 0 Å². The third-order valence-corrected chi connectivity index (χ3v) is 1.80. The highest BCUT2D eigenvalue weighted by Crippen LogP contribution is 2.12. The Morgan fingerprint density at radius 1 is 1.46 bits per heavy atom. The molecule has 0 heterocycles. The second kappa shape index (κ2) is 4.67. The molecule has 1 unspecified atom stereocenters. The molecule has 0 aliphatic rings. The fourth-order valence-corrected chi connectivity index (χ4v) is 0.987. The lowest BCUT2D eigenvalue weighted by molar-refractivity contribution is 0.220. The lowest BCUT2D eigenvalue weighted by atomic mass is 10.1. The molecule has 2 heteroatoms. The van der Waals surface area contributed by atoms with Gasteiger partial charge in [0.25, 0.3) is 0 Å². The molecule has 1 aromatic rings. The van der Waals surface area contributed by atoms with Crippen LogP contribution in [0.15, 0.2) is 30.3 Å². The maximum absolute atomic E-state index is 9.24. The van der Waals surface area contributed by atoms with Crippen molar-refractivity contribution >= 4 is 6.08 Å². The van der Waals surface area contributed by atoms with E-state index in [2.05, 4.69) is 0 Å². The summed E-state index contributed by atoms with van der Waals surface area (Å²) in [4.78, 5) is 0. The van der Waals surface area contributed by atoms with Crippen LogP contribution in [-0.4, -0.2) is 16.3 Å². The summed E-state index contributed by atoms with van der Waals surface area (Å²) in [5.41, 5.74) is 0.896. The first-order valence-electron chi connectivity index (χ1n) is 4.37. The molecule has 2 nitrogen and oxygen atoms in total. The first-order chi connectivity index (χ1) is 6.22. The molecule has 1 aromatic carbocycles. The van der Waals surface area contributed by atoms with Crippen LogP contribution in [0, 0.1) is 0 Å². The molecule has 70 valence electrons. The van der Waals surface area contributed by atoms with Crippen molar-refractivity contribution in [2.75, 3.05) is 0 Å². The minimum absolute atomic E-state index is 0.244. The summed E-state index contributed by atoms with van der Waals surface area (Å²) in [6.45, 7) is 1.91. The van der Waals surface area contributed by atoms with Crippen LogP contribution < -0.4 is 0 Å². The standard InChI is InChI=1S/C11H14O2/c1-2-10(12)7-6-9-4-3-5-11(13)8-9/h3-8,10,12-13H,2H2,1H3/b7-6+. The summed E-state index contributed by atoms with van der Waals surface area (Å²) in [6, 6.07) is 6.92. The first-order valence-corrected chi connectivity index (χ1v) is 4.37. The Hall–Kier alpha value is -1.28. The molecular formula is C11H14O2. The molecule has 0 spiro atoms. The average molecular weight is 178 g/mol.